The van der Waals surface area contributed by atoms with E-state index in [0.717, 1.165) is 10.4 Å². The molecule has 1 saturated heterocycles. The summed E-state index contributed by atoms with van der Waals surface area (Å²) in [7, 11) is -8.59. The molecule has 0 bridgehead atoms. The predicted octanol–water partition coefficient (Wildman–Crippen LogP) is 2.11. The number of hydrogen-bond acceptors (Lipinski definition) is 6. The Labute approximate surface area is 184 Å². The van der Waals surface area contributed by atoms with Crippen molar-refractivity contribution >= 4 is 48.7 Å². The van der Waals surface area contributed by atoms with Crippen molar-refractivity contribution in [2.75, 3.05) is 19.7 Å². The first-order chi connectivity index (χ1) is 14.0. The zero-order chi connectivity index (χ0) is 22.3. The minimum absolute atomic E-state index is 0.163. The van der Waals surface area contributed by atoms with E-state index in [1.807, 2.05) is 0 Å². The van der Waals surface area contributed by atoms with Crippen molar-refractivity contribution in [3.63, 3.8) is 0 Å². The lowest BCUT2D eigenvalue weighted by Crippen LogP contribution is -2.49. The molecule has 0 aromatic heterocycles. The van der Waals surface area contributed by atoms with Crippen molar-refractivity contribution in [2.45, 2.75) is 20.6 Å². The summed E-state index contributed by atoms with van der Waals surface area (Å²) in [6, 6.07) is 8.80. The first-order valence-electron chi connectivity index (χ1n) is 8.45. The Hall–Kier alpha value is -1.71. The molecule has 8 nitrogen and oxygen atoms in total. The highest BCUT2D eigenvalue weighted by Crippen LogP contribution is 2.37. The van der Waals surface area contributed by atoms with Crippen LogP contribution in [-0.4, -0.2) is 61.9 Å². The van der Waals surface area contributed by atoms with Gasteiger partial charge in [0.25, 0.3) is 0 Å². The zero-order valence-electron chi connectivity index (χ0n) is 15.2. The van der Waals surface area contributed by atoms with Crippen LogP contribution in [0.25, 0.3) is 4.85 Å². The first-order valence-corrected chi connectivity index (χ1v) is 12.2. The lowest BCUT2D eigenvalue weighted by atomic mass is 10.1. The lowest BCUT2D eigenvalue weighted by molar-refractivity contribution is 0.00160. The third kappa shape index (κ3) is 3.94. The highest BCUT2D eigenvalue weighted by atomic mass is 35.5. The van der Waals surface area contributed by atoms with Gasteiger partial charge in [0.05, 0.1) is 23.0 Å². The molecule has 2 N–H and O–H groups in total. The summed E-state index contributed by atoms with van der Waals surface area (Å²) in [5.74, 6) is 0. The molecule has 160 valence electrons. The number of benzene rings is 2. The quantitative estimate of drug-likeness (QED) is 0.619. The van der Waals surface area contributed by atoms with Gasteiger partial charge in [-0.25, -0.2) is 21.7 Å². The topological polar surface area (TPSA) is 116 Å². The molecule has 0 amide bonds. The van der Waals surface area contributed by atoms with E-state index < -0.39 is 50.4 Å². The van der Waals surface area contributed by atoms with Crippen LogP contribution in [0.2, 0.25) is 10.0 Å². The second-order valence-corrected chi connectivity index (χ2v) is 11.7. The van der Waals surface area contributed by atoms with Crippen LogP contribution in [0.3, 0.4) is 0 Å². The Morgan fingerprint density at radius 1 is 1.10 bits per heavy atom. The van der Waals surface area contributed by atoms with Gasteiger partial charge in [0, 0.05) is 23.1 Å². The highest BCUT2D eigenvalue weighted by Gasteiger charge is 2.55. The SMILES string of the molecule is [C-]#[N+]c1cc(Cl)ccc1S(=O)(=O)N1C[C@H](S(=O)(=O)c2ccc(Cl)cc2)[C@](O)(CO)C1. The van der Waals surface area contributed by atoms with E-state index in [0.29, 0.717) is 5.02 Å². The number of sulfone groups is 1. The molecular weight excluding hydrogens is 475 g/mol. The van der Waals surface area contributed by atoms with E-state index in [1.165, 1.54) is 36.4 Å². The van der Waals surface area contributed by atoms with Crippen LogP contribution in [0.5, 0.6) is 0 Å². The van der Waals surface area contributed by atoms with Crippen LogP contribution in [0.15, 0.2) is 52.3 Å². The highest BCUT2D eigenvalue weighted by molar-refractivity contribution is 7.92. The molecular formula is C18H16Cl2N2O6S2. The molecule has 0 unspecified atom stereocenters. The second-order valence-electron chi connectivity index (χ2n) is 6.77. The van der Waals surface area contributed by atoms with Crippen molar-refractivity contribution < 1.29 is 27.0 Å². The van der Waals surface area contributed by atoms with E-state index in [2.05, 4.69) is 4.85 Å². The summed E-state index contributed by atoms with van der Waals surface area (Å²) < 4.78 is 53.2. The normalized spacial score (nSPS) is 22.7. The molecule has 0 radical (unpaired) electrons. The van der Waals surface area contributed by atoms with Crippen molar-refractivity contribution in [3.8, 4) is 0 Å². The smallest absolute Gasteiger partial charge is 0.233 e. The Balaban J connectivity index is 2.05. The number of aliphatic hydroxyl groups is 2. The van der Waals surface area contributed by atoms with Gasteiger partial charge in [-0.15, -0.1) is 0 Å². The maximum atomic E-state index is 13.1. The maximum Gasteiger partial charge on any atom is 0.233 e. The standard InChI is InChI=1S/C18H16Cl2N2O6S2/c1-21-15-8-13(20)4-7-16(15)30(27,28)22-9-17(18(24,10-22)11-23)29(25,26)14-5-2-12(19)3-6-14/h2-8,17,23-24H,9-11H2/t17-,18+/m0/s1. The van der Waals surface area contributed by atoms with Gasteiger partial charge in [0.15, 0.2) is 9.84 Å². The number of nitrogens with zero attached hydrogens (tertiary/aromatic N) is 2. The molecule has 2 atom stereocenters. The Bertz CT molecular complexity index is 1230. The third-order valence-corrected chi connectivity index (χ3v) is 9.48. The minimum atomic E-state index is -4.36. The molecule has 0 spiro atoms. The molecule has 3 rings (SSSR count). The van der Waals surface area contributed by atoms with Crippen LogP contribution in [0.1, 0.15) is 0 Å². The van der Waals surface area contributed by atoms with Gasteiger partial charge < -0.3 is 10.2 Å². The number of hydrogen-bond donors (Lipinski definition) is 2. The average molecular weight is 491 g/mol. The Morgan fingerprint density at radius 3 is 2.27 bits per heavy atom. The molecule has 30 heavy (non-hydrogen) atoms. The molecule has 1 fully saturated rings. The summed E-state index contributed by atoms with van der Waals surface area (Å²) >= 11 is 11.6. The van der Waals surface area contributed by atoms with Gasteiger partial charge in [0.2, 0.25) is 15.7 Å². The van der Waals surface area contributed by atoms with Crippen LogP contribution in [-0.2, 0) is 19.9 Å². The van der Waals surface area contributed by atoms with Crippen LogP contribution >= 0.6 is 23.2 Å². The fourth-order valence-electron chi connectivity index (χ4n) is 3.27. The molecule has 2 aromatic carbocycles. The van der Waals surface area contributed by atoms with E-state index in [9.17, 15) is 27.0 Å². The van der Waals surface area contributed by atoms with Crippen LogP contribution in [0.4, 0.5) is 5.69 Å². The second kappa shape index (κ2) is 8.09. The number of rotatable bonds is 5. The van der Waals surface area contributed by atoms with Crippen molar-refractivity contribution in [1.82, 2.24) is 4.31 Å². The fourth-order valence-corrected chi connectivity index (χ4v) is 7.23. The summed E-state index contributed by atoms with van der Waals surface area (Å²) in [5, 5.41) is 19.4. The summed E-state index contributed by atoms with van der Waals surface area (Å²) in [6.07, 6.45) is 0. The minimum Gasteiger partial charge on any atom is -0.393 e. The maximum absolute atomic E-state index is 13.1. The van der Waals surface area contributed by atoms with Gasteiger partial charge >= 0.3 is 0 Å². The van der Waals surface area contributed by atoms with E-state index >= 15 is 0 Å². The molecule has 1 heterocycles. The molecule has 12 heteroatoms. The number of aliphatic hydroxyl groups excluding tert-OH is 1. The molecule has 2 aromatic rings. The summed E-state index contributed by atoms with van der Waals surface area (Å²) in [5.41, 5.74) is -2.48. The van der Waals surface area contributed by atoms with Gasteiger partial charge in [-0.2, -0.15) is 4.31 Å². The lowest BCUT2D eigenvalue weighted by Gasteiger charge is -2.26. The summed E-state index contributed by atoms with van der Waals surface area (Å²) in [6.45, 7) is 4.95. The Morgan fingerprint density at radius 2 is 1.70 bits per heavy atom. The molecule has 0 aliphatic carbocycles. The Kier molecular flexibility index (Phi) is 6.19. The van der Waals surface area contributed by atoms with Gasteiger partial charge in [-0.05, 0) is 36.4 Å². The van der Waals surface area contributed by atoms with Gasteiger partial charge in [-0.3, -0.25) is 0 Å². The fraction of sp³-hybridized carbons (Fsp3) is 0.278. The zero-order valence-corrected chi connectivity index (χ0v) is 18.4. The van der Waals surface area contributed by atoms with Crippen LogP contribution in [0, 0.1) is 6.57 Å². The van der Waals surface area contributed by atoms with Crippen molar-refractivity contribution in [1.29, 1.82) is 0 Å². The third-order valence-electron chi connectivity index (χ3n) is 4.87. The van der Waals surface area contributed by atoms with Gasteiger partial charge in [0.1, 0.15) is 10.9 Å². The number of sulfonamides is 1. The summed E-state index contributed by atoms with van der Waals surface area (Å²) in [4.78, 5) is 2.63. The van der Waals surface area contributed by atoms with Gasteiger partial charge in [-0.1, -0.05) is 29.3 Å². The molecule has 0 saturated carbocycles. The number of β-amino-alcohol motifs (C(OH)–C–C–N with tert-alkyl or cyclic N) is 1. The average Bonchev–Trinajstić information content (AvgIpc) is 3.08. The van der Waals surface area contributed by atoms with E-state index in [4.69, 9.17) is 29.8 Å². The monoisotopic (exact) mass is 490 g/mol. The van der Waals surface area contributed by atoms with Crippen LogP contribution < -0.4 is 0 Å². The van der Waals surface area contributed by atoms with E-state index in [-0.39, 0.29) is 20.5 Å². The molecule has 1 aliphatic heterocycles. The predicted molar refractivity (Wildman–Crippen MR) is 111 cm³/mol. The number of halogens is 2. The van der Waals surface area contributed by atoms with Crippen molar-refractivity contribution in [3.05, 3.63) is 63.9 Å². The van der Waals surface area contributed by atoms with Crippen molar-refractivity contribution in [2.24, 2.45) is 0 Å². The van der Waals surface area contributed by atoms with E-state index in [1.54, 1.807) is 0 Å². The molecule has 1 aliphatic rings. The largest absolute Gasteiger partial charge is 0.393 e. The first kappa shape index (κ1) is 23.0.